The molecule has 0 aromatic carbocycles. The van der Waals surface area contributed by atoms with Crippen molar-refractivity contribution >= 4 is 17.8 Å². The van der Waals surface area contributed by atoms with Crippen LogP contribution in [-0.4, -0.2) is 64.7 Å². The number of aryl methyl sites for hydroxylation is 2. The maximum atomic E-state index is 12.3. The maximum absolute atomic E-state index is 12.3. The molecule has 138 valence electrons. The molecule has 2 aromatic rings. The van der Waals surface area contributed by atoms with E-state index in [0.717, 1.165) is 0 Å². The summed E-state index contributed by atoms with van der Waals surface area (Å²) in [5.74, 6) is 0.251. The molecular weight excluding hydrogens is 338 g/mol. The molecule has 0 N–H and O–H groups in total. The van der Waals surface area contributed by atoms with E-state index in [1.54, 1.807) is 30.3 Å². The number of rotatable bonds is 5. The van der Waals surface area contributed by atoms with Gasteiger partial charge in [0.15, 0.2) is 6.61 Å². The van der Waals surface area contributed by atoms with Crippen LogP contribution in [0.25, 0.3) is 0 Å². The Morgan fingerprint density at radius 3 is 2.54 bits per heavy atom. The zero-order valence-corrected chi connectivity index (χ0v) is 14.8. The van der Waals surface area contributed by atoms with Crippen molar-refractivity contribution in [2.45, 2.75) is 20.3 Å². The summed E-state index contributed by atoms with van der Waals surface area (Å²) in [7, 11) is 0. The molecule has 0 saturated carbocycles. The summed E-state index contributed by atoms with van der Waals surface area (Å²) in [6.45, 7) is 5.55. The monoisotopic (exact) mass is 359 g/mol. The summed E-state index contributed by atoms with van der Waals surface area (Å²) < 4.78 is 10.2. The molecule has 9 heteroatoms. The second-order valence-electron chi connectivity index (χ2n) is 5.91. The van der Waals surface area contributed by atoms with Crippen LogP contribution in [0, 0.1) is 6.92 Å². The highest BCUT2D eigenvalue weighted by molar-refractivity contribution is 5.93. The number of hydrogen-bond donors (Lipinski definition) is 0. The Balaban J connectivity index is 1.50. The fourth-order valence-corrected chi connectivity index (χ4v) is 2.82. The highest BCUT2D eigenvalue weighted by Gasteiger charge is 2.25. The van der Waals surface area contributed by atoms with Crippen molar-refractivity contribution in [3.05, 3.63) is 35.5 Å². The van der Waals surface area contributed by atoms with Crippen LogP contribution in [0.5, 0.6) is 0 Å². The maximum Gasteiger partial charge on any atom is 0.344 e. The lowest BCUT2D eigenvalue weighted by Crippen LogP contribution is -2.50. The molecule has 1 fully saturated rings. The summed E-state index contributed by atoms with van der Waals surface area (Å²) in [6, 6.07) is 1.76. The number of esters is 1. The fraction of sp³-hybridized carbons (Fsp3) is 0.471. The summed E-state index contributed by atoms with van der Waals surface area (Å²) >= 11 is 0. The Bertz CT molecular complexity index is 769. The van der Waals surface area contributed by atoms with Crippen molar-refractivity contribution in [1.82, 2.24) is 20.0 Å². The number of hydrogen-bond acceptors (Lipinski definition) is 8. The van der Waals surface area contributed by atoms with Crippen LogP contribution < -0.4 is 4.90 Å². The zero-order chi connectivity index (χ0) is 18.5. The second-order valence-corrected chi connectivity index (χ2v) is 5.91. The van der Waals surface area contributed by atoms with E-state index in [9.17, 15) is 9.59 Å². The molecule has 0 unspecified atom stereocenters. The largest absolute Gasteiger partial charge is 0.452 e. The van der Waals surface area contributed by atoms with Gasteiger partial charge in [0.1, 0.15) is 11.3 Å². The Labute approximate surface area is 150 Å². The number of piperazine rings is 1. The number of carbonyl (C=O) groups is 2. The van der Waals surface area contributed by atoms with Gasteiger partial charge in [-0.15, -0.1) is 0 Å². The molecule has 2 aromatic heterocycles. The molecule has 3 rings (SSSR count). The van der Waals surface area contributed by atoms with Crippen molar-refractivity contribution in [3.8, 4) is 0 Å². The van der Waals surface area contributed by atoms with Gasteiger partial charge in [-0.05, 0) is 19.4 Å². The van der Waals surface area contributed by atoms with E-state index in [0.29, 0.717) is 55.6 Å². The van der Waals surface area contributed by atoms with Crippen LogP contribution in [0.3, 0.4) is 0 Å². The number of ether oxygens (including phenoxy) is 1. The summed E-state index contributed by atoms with van der Waals surface area (Å²) in [6.07, 6.45) is 3.94. The molecule has 0 aliphatic carbocycles. The van der Waals surface area contributed by atoms with Crippen molar-refractivity contribution in [2.24, 2.45) is 0 Å². The van der Waals surface area contributed by atoms with Gasteiger partial charge in [-0.25, -0.2) is 14.8 Å². The van der Waals surface area contributed by atoms with Crippen molar-refractivity contribution in [2.75, 3.05) is 37.7 Å². The van der Waals surface area contributed by atoms with Gasteiger partial charge >= 0.3 is 5.97 Å². The van der Waals surface area contributed by atoms with Gasteiger partial charge in [-0.3, -0.25) is 4.79 Å². The van der Waals surface area contributed by atoms with Crippen LogP contribution >= 0.6 is 0 Å². The van der Waals surface area contributed by atoms with Gasteiger partial charge in [0, 0.05) is 38.6 Å². The predicted molar refractivity (Wildman–Crippen MR) is 91.7 cm³/mol. The number of amides is 1. The van der Waals surface area contributed by atoms with E-state index in [1.807, 2.05) is 11.8 Å². The minimum Gasteiger partial charge on any atom is -0.452 e. The molecule has 1 amide bonds. The first-order valence-electron chi connectivity index (χ1n) is 8.52. The SMILES string of the molecule is CCc1noc(C)c1C(=O)OCC(=O)N1CCN(c2ncccn2)CC1. The van der Waals surface area contributed by atoms with E-state index >= 15 is 0 Å². The highest BCUT2D eigenvalue weighted by atomic mass is 16.5. The molecule has 1 aliphatic heterocycles. The lowest BCUT2D eigenvalue weighted by atomic mass is 10.1. The van der Waals surface area contributed by atoms with Crippen molar-refractivity contribution < 1.29 is 18.8 Å². The fourth-order valence-electron chi connectivity index (χ4n) is 2.82. The zero-order valence-electron chi connectivity index (χ0n) is 14.8. The topological polar surface area (TPSA) is 102 Å². The third-order valence-electron chi connectivity index (χ3n) is 4.27. The lowest BCUT2D eigenvalue weighted by Gasteiger charge is -2.34. The van der Waals surface area contributed by atoms with E-state index < -0.39 is 5.97 Å². The number of anilines is 1. The van der Waals surface area contributed by atoms with Crippen LogP contribution in [0.2, 0.25) is 0 Å². The summed E-state index contributed by atoms with van der Waals surface area (Å²) in [5.41, 5.74) is 0.850. The third-order valence-corrected chi connectivity index (χ3v) is 4.27. The number of aromatic nitrogens is 3. The van der Waals surface area contributed by atoms with E-state index in [1.165, 1.54) is 0 Å². The van der Waals surface area contributed by atoms with E-state index in [-0.39, 0.29) is 12.5 Å². The minimum absolute atomic E-state index is 0.223. The molecule has 3 heterocycles. The summed E-state index contributed by atoms with van der Waals surface area (Å²) in [4.78, 5) is 36.6. The van der Waals surface area contributed by atoms with Crippen LogP contribution in [0.4, 0.5) is 5.95 Å². The van der Waals surface area contributed by atoms with Crippen LogP contribution in [-0.2, 0) is 16.0 Å². The number of carbonyl (C=O) groups excluding carboxylic acids is 2. The molecule has 26 heavy (non-hydrogen) atoms. The van der Waals surface area contributed by atoms with E-state index in [2.05, 4.69) is 15.1 Å². The predicted octanol–water partition coefficient (Wildman–Crippen LogP) is 0.841. The molecule has 9 nitrogen and oxygen atoms in total. The molecule has 1 aliphatic rings. The Hall–Kier alpha value is -2.97. The van der Waals surface area contributed by atoms with Gasteiger partial charge in [-0.1, -0.05) is 12.1 Å². The Kier molecular flexibility index (Phi) is 5.45. The molecule has 0 radical (unpaired) electrons. The first kappa shape index (κ1) is 17.8. The number of nitrogens with zero attached hydrogens (tertiary/aromatic N) is 5. The minimum atomic E-state index is -0.578. The first-order valence-corrected chi connectivity index (χ1v) is 8.52. The van der Waals surface area contributed by atoms with E-state index in [4.69, 9.17) is 9.26 Å². The Morgan fingerprint density at radius 1 is 1.19 bits per heavy atom. The smallest absolute Gasteiger partial charge is 0.344 e. The third kappa shape index (κ3) is 3.81. The van der Waals surface area contributed by atoms with Gasteiger partial charge < -0.3 is 19.1 Å². The standard InChI is InChI=1S/C17H21N5O4/c1-3-13-15(12(2)26-20-13)16(24)25-11-14(23)21-7-9-22(10-8-21)17-18-5-4-6-19-17/h4-6H,3,7-11H2,1-2H3. The normalized spacial score (nSPS) is 14.4. The average molecular weight is 359 g/mol. The molecule has 0 spiro atoms. The van der Waals surface area contributed by atoms with Gasteiger partial charge in [-0.2, -0.15) is 0 Å². The average Bonchev–Trinajstić information content (AvgIpc) is 3.07. The molecule has 0 atom stereocenters. The van der Waals surface area contributed by atoms with Gasteiger partial charge in [0.25, 0.3) is 5.91 Å². The van der Waals surface area contributed by atoms with Gasteiger partial charge in [0.2, 0.25) is 5.95 Å². The first-order chi connectivity index (χ1) is 12.6. The molecule has 0 bridgehead atoms. The van der Waals surface area contributed by atoms with Crippen LogP contribution in [0.1, 0.15) is 28.7 Å². The van der Waals surface area contributed by atoms with Crippen LogP contribution in [0.15, 0.2) is 23.0 Å². The quantitative estimate of drug-likeness (QED) is 0.724. The molecule has 1 saturated heterocycles. The van der Waals surface area contributed by atoms with Crippen molar-refractivity contribution in [3.63, 3.8) is 0 Å². The lowest BCUT2D eigenvalue weighted by molar-refractivity contribution is -0.134. The highest BCUT2D eigenvalue weighted by Crippen LogP contribution is 2.15. The molecular formula is C17H21N5O4. The Morgan fingerprint density at radius 2 is 1.88 bits per heavy atom. The second kappa shape index (κ2) is 7.94. The van der Waals surface area contributed by atoms with Gasteiger partial charge in [0.05, 0.1) is 5.69 Å². The summed E-state index contributed by atoms with van der Waals surface area (Å²) in [5, 5.41) is 3.82. The van der Waals surface area contributed by atoms with Crippen molar-refractivity contribution in [1.29, 1.82) is 0 Å².